The highest BCUT2D eigenvalue weighted by molar-refractivity contribution is 7.16. The first-order chi connectivity index (χ1) is 16.1. The van der Waals surface area contributed by atoms with Crippen LogP contribution in [0.4, 0.5) is 9.39 Å². The van der Waals surface area contributed by atoms with Crippen molar-refractivity contribution >= 4 is 33.8 Å². The number of benzene rings is 1. The first kappa shape index (κ1) is 25.1. The predicted molar refractivity (Wildman–Crippen MR) is 136 cm³/mol. The number of carbonyl (C=O) groups excluding carboxylic acids is 1. The molecule has 2 heterocycles. The highest BCUT2D eigenvalue weighted by Crippen LogP contribution is 2.44. The van der Waals surface area contributed by atoms with Gasteiger partial charge in [-0.15, -0.1) is 11.3 Å². The number of amides is 1. The second-order valence-corrected chi connectivity index (χ2v) is 12.0. The summed E-state index contributed by atoms with van der Waals surface area (Å²) in [6.07, 6.45) is 2.98. The fraction of sp³-hybridized carbons (Fsp3) is 0.538. The van der Waals surface area contributed by atoms with Crippen LogP contribution in [-0.4, -0.2) is 48.4 Å². The molecule has 2 aromatic rings. The molecule has 1 atom stereocenters. The van der Waals surface area contributed by atoms with E-state index in [9.17, 15) is 14.4 Å². The van der Waals surface area contributed by atoms with Gasteiger partial charge in [0.15, 0.2) is 0 Å². The molecule has 2 aliphatic rings. The number of nitrogens with one attached hydrogen (secondary N) is 1. The summed E-state index contributed by atoms with van der Waals surface area (Å²) in [5.41, 5.74) is 3.02. The second-order valence-electron chi connectivity index (χ2n) is 10.5. The number of nitriles is 1. The Bertz CT molecular complexity index is 1100. The van der Waals surface area contributed by atoms with Gasteiger partial charge in [0.05, 0.1) is 17.1 Å². The van der Waals surface area contributed by atoms with Gasteiger partial charge in [-0.1, -0.05) is 38.4 Å². The number of halogens is 2. The molecular formula is C26H32ClFN4OS. The monoisotopic (exact) mass is 502 g/mol. The molecular weight excluding hydrogens is 471 g/mol. The summed E-state index contributed by atoms with van der Waals surface area (Å²) in [6, 6.07) is 7.18. The van der Waals surface area contributed by atoms with Gasteiger partial charge in [-0.25, -0.2) is 4.39 Å². The summed E-state index contributed by atoms with van der Waals surface area (Å²) in [4.78, 5) is 18.5. The summed E-state index contributed by atoms with van der Waals surface area (Å²) < 4.78 is 13.4. The Kier molecular flexibility index (Phi) is 7.63. The van der Waals surface area contributed by atoms with Crippen LogP contribution in [0.3, 0.4) is 0 Å². The van der Waals surface area contributed by atoms with E-state index in [4.69, 9.17) is 11.6 Å². The average molecular weight is 503 g/mol. The van der Waals surface area contributed by atoms with Gasteiger partial charge in [0.1, 0.15) is 16.9 Å². The maximum Gasteiger partial charge on any atom is 0.239 e. The Balaban J connectivity index is 1.30. The van der Waals surface area contributed by atoms with Crippen molar-refractivity contribution in [2.24, 2.45) is 11.3 Å². The minimum atomic E-state index is -0.401. The third-order valence-corrected chi connectivity index (χ3v) is 8.54. The molecule has 1 amide bonds. The van der Waals surface area contributed by atoms with Crippen LogP contribution >= 0.6 is 22.9 Å². The van der Waals surface area contributed by atoms with Crippen molar-refractivity contribution < 1.29 is 9.18 Å². The summed E-state index contributed by atoms with van der Waals surface area (Å²) in [5.74, 6) is 0.124. The maximum atomic E-state index is 13.4. The fourth-order valence-corrected chi connectivity index (χ4v) is 6.40. The first-order valence-corrected chi connectivity index (χ1v) is 13.1. The minimum Gasteiger partial charge on any atom is -0.315 e. The normalized spacial score (nSPS) is 19.5. The van der Waals surface area contributed by atoms with Crippen LogP contribution in [0.25, 0.3) is 0 Å². The SMILES string of the molecule is CC(C)(C)C1CCc2c(sc(NC(=O)CN3CCN(Cc4ccc(F)c(Cl)c4)CC3)c2C#N)C1. The van der Waals surface area contributed by atoms with E-state index in [1.54, 1.807) is 23.5 Å². The second kappa shape index (κ2) is 10.3. The molecule has 182 valence electrons. The quantitative estimate of drug-likeness (QED) is 0.601. The number of hydrogen-bond donors (Lipinski definition) is 1. The van der Waals surface area contributed by atoms with Crippen LogP contribution in [-0.2, 0) is 24.2 Å². The number of rotatable bonds is 5. The summed E-state index contributed by atoms with van der Waals surface area (Å²) in [7, 11) is 0. The van der Waals surface area contributed by atoms with Gasteiger partial charge in [0.2, 0.25) is 5.91 Å². The van der Waals surface area contributed by atoms with Gasteiger partial charge in [0, 0.05) is 37.6 Å². The van der Waals surface area contributed by atoms with Crippen molar-refractivity contribution in [1.29, 1.82) is 5.26 Å². The molecule has 0 radical (unpaired) electrons. The molecule has 1 unspecified atom stereocenters. The van der Waals surface area contributed by atoms with Crippen LogP contribution in [0.2, 0.25) is 5.02 Å². The molecule has 1 aliphatic heterocycles. The lowest BCUT2D eigenvalue weighted by atomic mass is 9.72. The van der Waals surface area contributed by atoms with Crippen molar-refractivity contribution in [1.82, 2.24) is 9.80 Å². The fourth-order valence-electron chi connectivity index (χ4n) is 4.90. The third kappa shape index (κ3) is 5.80. The van der Waals surface area contributed by atoms with Crippen LogP contribution in [0.1, 0.15) is 48.8 Å². The minimum absolute atomic E-state index is 0.0683. The Labute approximate surface area is 210 Å². The lowest BCUT2D eigenvalue weighted by Crippen LogP contribution is -2.48. The number of fused-ring (bicyclic) bond motifs is 1. The van der Waals surface area contributed by atoms with Crippen molar-refractivity contribution in [3.8, 4) is 6.07 Å². The summed E-state index contributed by atoms with van der Waals surface area (Å²) >= 11 is 7.48. The molecule has 1 fully saturated rings. The van der Waals surface area contributed by atoms with Crippen molar-refractivity contribution in [2.45, 2.75) is 46.6 Å². The number of carbonyl (C=O) groups is 1. The van der Waals surface area contributed by atoms with E-state index in [0.29, 0.717) is 29.6 Å². The number of thiophene rings is 1. The molecule has 1 N–H and O–H groups in total. The first-order valence-electron chi connectivity index (χ1n) is 11.9. The molecule has 1 saturated heterocycles. The lowest BCUT2D eigenvalue weighted by Gasteiger charge is -2.34. The molecule has 0 spiro atoms. The molecule has 4 rings (SSSR count). The average Bonchev–Trinajstić information content (AvgIpc) is 3.13. The highest BCUT2D eigenvalue weighted by Gasteiger charge is 2.32. The van der Waals surface area contributed by atoms with E-state index >= 15 is 0 Å². The summed E-state index contributed by atoms with van der Waals surface area (Å²) in [5, 5.41) is 13.7. The number of anilines is 1. The van der Waals surface area contributed by atoms with E-state index in [1.807, 2.05) is 0 Å². The largest absolute Gasteiger partial charge is 0.315 e. The van der Waals surface area contributed by atoms with Gasteiger partial charge < -0.3 is 5.32 Å². The van der Waals surface area contributed by atoms with Crippen LogP contribution in [0.15, 0.2) is 18.2 Å². The van der Waals surface area contributed by atoms with Gasteiger partial charge in [-0.05, 0) is 53.9 Å². The smallest absolute Gasteiger partial charge is 0.239 e. The number of nitrogens with zero attached hydrogens (tertiary/aromatic N) is 3. The third-order valence-electron chi connectivity index (χ3n) is 7.08. The summed E-state index contributed by atoms with van der Waals surface area (Å²) in [6.45, 7) is 11.1. The zero-order valence-electron chi connectivity index (χ0n) is 20.1. The Morgan fingerprint density at radius 3 is 2.62 bits per heavy atom. The molecule has 1 aromatic carbocycles. The lowest BCUT2D eigenvalue weighted by molar-refractivity contribution is -0.117. The van der Waals surface area contributed by atoms with E-state index < -0.39 is 5.82 Å². The Morgan fingerprint density at radius 1 is 1.26 bits per heavy atom. The predicted octanol–water partition coefficient (Wildman–Crippen LogP) is 5.32. The number of piperazine rings is 1. The standard InChI is InChI=1S/C26H32ClFN4OS/c1-26(2,3)18-5-6-19-20(14-29)25(34-23(19)13-18)30-24(33)16-32-10-8-31(9-11-32)15-17-4-7-22(28)21(27)12-17/h4,7,12,18H,5-6,8-11,13,15-16H2,1-3H3,(H,30,33). The van der Waals surface area contributed by atoms with Gasteiger partial charge >= 0.3 is 0 Å². The molecule has 0 saturated carbocycles. The Morgan fingerprint density at radius 2 is 1.97 bits per heavy atom. The van der Waals surface area contributed by atoms with E-state index in [2.05, 4.69) is 42.0 Å². The topological polar surface area (TPSA) is 59.4 Å². The highest BCUT2D eigenvalue weighted by atomic mass is 35.5. The number of hydrogen-bond acceptors (Lipinski definition) is 5. The van der Waals surface area contributed by atoms with E-state index in [-0.39, 0.29) is 16.3 Å². The molecule has 8 heteroatoms. The zero-order chi connectivity index (χ0) is 24.5. The maximum absolute atomic E-state index is 13.4. The molecule has 5 nitrogen and oxygen atoms in total. The van der Waals surface area contributed by atoms with Crippen LogP contribution < -0.4 is 5.32 Å². The van der Waals surface area contributed by atoms with E-state index in [1.165, 1.54) is 10.9 Å². The Hall–Kier alpha value is -1.98. The van der Waals surface area contributed by atoms with E-state index in [0.717, 1.165) is 56.6 Å². The molecule has 1 aromatic heterocycles. The van der Waals surface area contributed by atoms with Crippen LogP contribution in [0, 0.1) is 28.5 Å². The zero-order valence-corrected chi connectivity index (χ0v) is 21.7. The van der Waals surface area contributed by atoms with Crippen molar-refractivity contribution in [3.05, 3.63) is 50.6 Å². The van der Waals surface area contributed by atoms with Gasteiger partial charge in [0.25, 0.3) is 0 Å². The molecule has 34 heavy (non-hydrogen) atoms. The van der Waals surface area contributed by atoms with Crippen LogP contribution in [0.5, 0.6) is 0 Å². The van der Waals surface area contributed by atoms with Crippen molar-refractivity contribution in [3.63, 3.8) is 0 Å². The van der Waals surface area contributed by atoms with Gasteiger partial charge in [-0.3, -0.25) is 14.6 Å². The van der Waals surface area contributed by atoms with Gasteiger partial charge in [-0.2, -0.15) is 5.26 Å². The van der Waals surface area contributed by atoms with Crippen molar-refractivity contribution in [2.75, 3.05) is 38.0 Å². The molecule has 1 aliphatic carbocycles. The molecule has 0 bridgehead atoms.